The van der Waals surface area contributed by atoms with E-state index in [2.05, 4.69) is 20.6 Å². The number of carbonyl (C=O) groups is 2. The van der Waals surface area contributed by atoms with Crippen molar-refractivity contribution >= 4 is 34.8 Å². The van der Waals surface area contributed by atoms with Crippen LogP contribution in [0, 0.1) is 6.92 Å². The van der Waals surface area contributed by atoms with Gasteiger partial charge in [-0.25, -0.2) is 14.8 Å². The van der Waals surface area contributed by atoms with E-state index in [1.54, 1.807) is 56.3 Å². The Bertz CT molecular complexity index is 1030. The molecule has 0 aliphatic rings. The van der Waals surface area contributed by atoms with E-state index in [0.717, 1.165) is 11.4 Å². The highest BCUT2D eigenvalue weighted by atomic mass is 16.5. The van der Waals surface area contributed by atoms with Crippen LogP contribution < -0.4 is 10.6 Å². The van der Waals surface area contributed by atoms with E-state index in [1.807, 2.05) is 12.1 Å². The number of ether oxygens (including phenoxy) is 1. The van der Waals surface area contributed by atoms with Crippen molar-refractivity contribution in [1.82, 2.24) is 9.97 Å². The molecule has 1 heterocycles. The van der Waals surface area contributed by atoms with E-state index in [1.165, 1.54) is 6.92 Å². The molecular weight excluding hydrogens is 368 g/mol. The number of benzene rings is 2. The van der Waals surface area contributed by atoms with Crippen molar-refractivity contribution in [1.29, 1.82) is 0 Å². The molecule has 29 heavy (non-hydrogen) atoms. The van der Waals surface area contributed by atoms with Gasteiger partial charge in [-0.2, -0.15) is 0 Å². The molecule has 148 valence electrons. The molecule has 7 nitrogen and oxygen atoms in total. The lowest BCUT2D eigenvalue weighted by Crippen LogP contribution is -2.05. The lowest BCUT2D eigenvalue weighted by Gasteiger charge is -2.11. The highest BCUT2D eigenvalue weighted by Crippen LogP contribution is 2.21. The second kappa shape index (κ2) is 8.97. The van der Waals surface area contributed by atoms with Crippen LogP contribution in [-0.4, -0.2) is 28.3 Å². The van der Waals surface area contributed by atoms with Crippen molar-refractivity contribution in [2.45, 2.75) is 20.8 Å². The van der Waals surface area contributed by atoms with Gasteiger partial charge in [-0.15, -0.1) is 0 Å². The lowest BCUT2D eigenvalue weighted by molar-refractivity contribution is 0.0526. The normalized spacial score (nSPS) is 10.3. The number of hydrogen-bond donors (Lipinski definition) is 2. The minimum absolute atomic E-state index is 0.00105. The number of carbonyl (C=O) groups excluding carboxylic acids is 2. The maximum absolute atomic E-state index is 11.8. The number of ketones is 1. The number of Topliss-reactive ketones (excluding diaryl/α,β-unsaturated/α-hetero) is 1. The number of hydrogen-bond acceptors (Lipinski definition) is 7. The molecule has 0 saturated heterocycles. The minimum Gasteiger partial charge on any atom is -0.462 e. The SMILES string of the molecule is CCOC(=O)c1ccc(Nc2cc(Nc3cccc(C(C)=O)c3)nc(C)n2)cc1. The third-order valence-electron chi connectivity index (χ3n) is 4.05. The predicted octanol–water partition coefficient (Wildman–Crippen LogP) is 4.65. The van der Waals surface area contributed by atoms with Crippen molar-refractivity contribution in [2.24, 2.45) is 0 Å². The number of aryl methyl sites for hydroxylation is 1. The topological polar surface area (TPSA) is 93.2 Å². The largest absolute Gasteiger partial charge is 0.462 e. The molecule has 0 amide bonds. The van der Waals surface area contributed by atoms with Gasteiger partial charge in [0.15, 0.2) is 5.78 Å². The number of rotatable bonds is 7. The average Bonchev–Trinajstić information content (AvgIpc) is 2.68. The zero-order valence-corrected chi connectivity index (χ0v) is 16.5. The molecule has 0 aliphatic heterocycles. The molecular formula is C22H22N4O3. The highest BCUT2D eigenvalue weighted by Gasteiger charge is 2.08. The van der Waals surface area contributed by atoms with Gasteiger partial charge >= 0.3 is 5.97 Å². The van der Waals surface area contributed by atoms with Gasteiger partial charge in [0.2, 0.25) is 0 Å². The van der Waals surface area contributed by atoms with Crippen molar-refractivity contribution in [2.75, 3.05) is 17.2 Å². The fourth-order valence-electron chi connectivity index (χ4n) is 2.71. The molecule has 2 aromatic carbocycles. The summed E-state index contributed by atoms with van der Waals surface area (Å²) in [6.07, 6.45) is 0. The number of anilines is 4. The number of aromatic nitrogens is 2. The van der Waals surface area contributed by atoms with E-state index in [9.17, 15) is 9.59 Å². The standard InChI is InChI=1S/C22H22N4O3/c1-4-29-22(28)16-8-10-18(11-9-16)25-20-13-21(24-15(3)23-20)26-19-7-5-6-17(12-19)14(2)27/h5-13H,4H2,1-3H3,(H2,23,24,25,26). The van der Waals surface area contributed by atoms with Gasteiger partial charge in [-0.1, -0.05) is 12.1 Å². The molecule has 0 aliphatic carbocycles. The minimum atomic E-state index is -0.351. The van der Waals surface area contributed by atoms with Gasteiger partial charge in [-0.3, -0.25) is 4.79 Å². The van der Waals surface area contributed by atoms with Crippen LogP contribution in [0.25, 0.3) is 0 Å². The van der Waals surface area contributed by atoms with Gasteiger partial charge in [0.05, 0.1) is 12.2 Å². The molecule has 1 aromatic heterocycles. The predicted molar refractivity (Wildman–Crippen MR) is 112 cm³/mol. The Kier molecular flexibility index (Phi) is 6.19. The maximum atomic E-state index is 11.8. The Hall–Kier alpha value is -3.74. The van der Waals surface area contributed by atoms with Crippen LogP contribution in [0.3, 0.4) is 0 Å². The first-order chi connectivity index (χ1) is 13.9. The Morgan fingerprint density at radius 3 is 2.17 bits per heavy atom. The van der Waals surface area contributed by atoms with Crippen LogP contribution in [0.1, 0.15) is 40.4 Å². The van der Waals surface area contributed by atoms with Crippen LogP contribution in [0.15, 0.2) is 54.6 Å². The summed E-state index contributed by atoms with van der Waals surface area (Å²) >= 11 is 0. The first-order valence-electron chi connectivity index (χ1n) is 9.22. The third-order valence-corrected chi connectivity index (χ3v) is 4.05. The summed E-state index contributed by atoms with van der Waals surface area (Å²) in [5.74, 6) is 1.44. The van der Waals surface area contributed by atoms with E-state index < -0.39 is 0 Å². The second-order valence-electron chi connectivity index (χ2n) is 6.37. The summed E-state index contributed by atoms with van der Waals surface area (Å²) in [5, 5.41) is 6.40. The van der Waals surface area contributed by atoms with Crippen molar-refractivity contribution < 1.29 is 14.3 Å². The fraction of sp³-hybridized carbons (Fsp3) is 0.182. The molecule has 0 radical (unpaired) electrons. The van der Waals surface area contributed by atoms with Gasteiger partial charge < -0.3 is 15.4 Å². The quantitative estimate of drug-likeness (QED) is 0.448. The number of nitrogens with zero attached hydrogens (tertiary/aromatic N) is 2. The van der Waals surface area contributed by atoms with Crippen LogP contribution in [0.4, 0.5) is 23.0 Å². The zero-order valence-electron chi connectivity index (χ0n) is 16.5. The summed E-state index contributed by atoms with van der Waals surface area (Å²) in [5.41, 5.74) is 2.66. The number of esters is 1. The maximum Gasteiger partial charge on any atom is 0.338 e. The van der Waals surface area contributed by atoms with E-state index in [-0.39, 0.29) is 11.8 Å². The Morgan fingerprint density at radius 2 is 1.55 bits per heavy atom. The van der Waals surface area contributed by atoms with Crippen LogP contribution in [-0.2, 0) is 4.74 Å². The smallest absolute Gasteiger partial charge is 0.338 e. The first-order valence-corrected chi connectivity index (χ1v) is 9.22. The number of nitrogens with one attached hydrogen (secondary N) is 2. The van der Waals surface area contributed by atoms with Crippen LogP contribution in [0.2, 0.25) is 0 Å². The van der Waals surface area contributed by atoms with Crippen LogP contribution in [0.5, 0.6) is 0 Å². The van der Waals surface area contributed by atoms with E-state index in [0.29, 0.717) is 35.2 Å². The summed E-state index contributed by atoms with van der Waals surface area (Å²) < 4.78 is 4.99. The van der Waals surface area contributed by atoms with Crippen molar-refractivity contribution in [3.63, 3.8) is 0 Å². The molecule has 0 atom stereocenters. The zero-order chi connectivity index (χ0) is 20.8. The van der Waals surface area contributed by atoms with Crippen molar-refractivity contribution in [3.05, 3.63) is 71.5 Å². The van der Waals surface area contributed by atoms with Gasteiger partial charge in [0.1, 0.15) is 17.5 Å². The van der Waals surface area contributed by atoms with Gasteiger partial charge in [0, 0.05) is 23.0 Å². The second-order valence-corrected chi connectivity index (χ2v) is 6.37. The van der Waals surface area contributed by atoms with Crippen LogP contribution >= 0.6 is 0 Å². The van der Waals surface area contributed by atoms with E-state index >= 15 is 0 Å². The fourth-order valence-corrected chi connectivity index (χ4v) is 2.71. The molecule has 3 aromatic rings. The third kappa shape index (κ3) is 5.38. The molecule has 0 saturated carbocycles. The molecule has 7 heteroatoms. The average molecular weight is 390 g/mol. The molecule has 0 unspecified atom stereocenters. The highest BCUT2D eigenvalue weighted by molar-refractivity contribution is 5.95. The van der Waals surface area contributed by atoms with Gasteiger partial charge in [-0.05, 0) is 57.2 Å². The Balaban J connectivity index is 1.76. The molecule has 3 rings (SSSR count). The first kappa shape index (κ1) is 20.0. The Morgan fingerprint density at radius 1 is 0.897 bits per heavy atom. The lowest BCUT2D eigenvalue weighted by atomic mass is 10.1. The molecule has 0 fully saturated rings. The summed E-state index contributed by atoms with van der Waals surface area (Å²) in [6, 6.07) is 16.0. The molecule has 2 N–H and O–H groups in total. The summed E-state index contributed by atoms with van der Waals surface area (Å²) in [7, 11) is 0. The van der Waals surface area contributed by atoms with Crippen molar-refractivity contribution in [3.8, 4) is 0 Å². The van der Waals surface area contributed by atoms with E-state index in [4.69, 9.17) is 4.74 Å². The summed E-state index contributed by atoms with van der Waals surface area (Å²) in [4.78, 5) is 32.1. The monoisotopic (exact) mass is 390 g/mol. The summed E-state index contributed by atoms with van der Waals surface area (Å²) in [6.45, 7) is 5.44. The molecule has 0 spiro atoms. The van der Waals surface area contributed by atoms with Gasteiger partial charge in [0.25, 0.3) is 0 Å². The Labute approximate surface area is 169 Å². The molecule has 0 bridgehead atoms.